The van der Waals surface area contributed by atoms with Crippen LogP contribution in [0.5, 0.6) is 0 Å². The van der Waals surface area contributed by atoms with Crippen LogP contribution in [-0.4, -0.2) is 47.1 Å². The van der Waals surface area contributed by atoms with Gasteiger partial charge in [0.15, 0.2) is 0 Å². The molecule has 0 aromatic rings. The van der Waals surface area contributed by atoms with Gasteiger partial charge in [0, 0.05) is 0 Å². The van der Waals surface area contributed by atoms with E-state index < -0.39 is 36.2 Å². The highest BCUT2D eigenvalue weighted by molar-refractivity contribution is 5.77. The maximum atomic E-state index is 13.4. The minimum absolute atomic E-state index is 0.371. The second-order valence-electron chi connectivity index (χ2n) is 3.61. The van der Waals surface area contributed by atoms with Gasteiger partial charge in [-0.2, -0.15) is 0 Å². The van der Waals surface area contributed by atoms with E-state index in [1.165, 1.54) is 6.92 Å². The van der Waals surface area contributed by atoms with E-state index >= 15 is 0 Å². The molecule has 5 atom stereocenters. The van der Waals surface area contributed by atoms with Crippen LogP contribution in [0.25, 0.3) is 0 Å². The average molecular weight is 206 g/mol. The molecule has 1 rings (SSSR count). The van der Waals surface area contributed by atoms with E-state index in [4.69, 9.17) is 10.8 Å². The molecule has 0 bridgehead atoms. The molecule has 0 spiro atoms. The summed E-state index contributed by atoms with van der Waals surface area (Å²) >= 11 is 0. The van der Waals surface area contributed by atoms with Crippen molar-refractivity contribution in [3.8, 4) is 0 Å². The van der Waals surface area contributed by atoms with E-state index in [9.17, 15) is 14.3 Å². The van der Waals surface area contributed by atoms with Crippen molar-refractivity contribution in [1.82, 2.24) is 5.32 Å². The van der Waals surface area contributed by atoms with Crippen LogP contribution in [0.15, 0.2) is 0 Å². The van der Waals surface area contributed by atoms with Crippen molar-refractivity contribution in [2.45, 2.75) is 31.3 Å². The maximum Gasteiger partial charge on any atom is 0.221 e. The van der Waals surface area contributed by atoms with Crippen LogP contribution in [0.3, 0.4) is 0 Å². The molecule has 1 amide bonds. The fourth-order valence-electron chi connectivity index (χ4n) is 1.63. The third kappa shape index (κ3) is 1.87. The van der Waals surface area contributed by atoms with Crippen LogP contribution in [0.4, 0.5) is 4.39 Å². The molecular formula is C8H15FN2O3. The van der Waals surface area contributed by atoms with Crippen LogP contribution < -0.4 is 11.1 Å². The summed E-state index contributed by atoms with van der Waals surface area (Å²) in [7, 11) is 0. The zero-order valence-electron chi connectivity index (χ0n) is 7.85. The number of hydrogen-bond acceptors (Lipinski definition) is 4. The fraction of sp³-hybridized carbons (Fsp3) is 0.875. The highest BCUT2D eigenvalue weighted by Gasteiger charge is 2.45. The van der Waals surface area contributed by atoms with E-state index in [0.717, 1.165) is 0 Å². The number of alkyl halides is 1. The third-order valence-corrected chi connectivity index (χ3v) is 2.67. The number of carbonyl (C=O) groups excluding carboxylic acids is 1. The number of hydrogen-bond donors (Lipinski definition) is 4. The van der Waals surface area contributed by atoms with Crippen LogP contribution in [0.2, 0.25) is 0 Å². The standard InChI is InChI=1S/C8H15FN2O3/c1-3(8(10)14)6-5(9)7(13)4(2-12)11-6/h3-7,11-13H,2H2,1H3,(H2,10,14). The lowest BCUT2D eigenvalue weighted by atomic mass is 9.97. The Balaban J connectivity index is 2.69. The van der Waals surface area contributed by atoms with E-state index in [2.05, 4.69) is 5.32 Å². The molecular weight excluding hydrogens is 191 g/mol. The van der Waals surface area contributed by atoms with Crippen molar-refractivity contribution in [3.63, 3.8) is 0 Å². The number of nitrogens with two attached hydrogens (primary N) is 1. The second kappa shape index (κ2) is 4.20. The molecule has 1 aliphatic heterocycles. The first-order valence-electron chi connectivity index (χ1n) is 4.47. The molecule has 5 nitrogen and oxygen atoms in total. The molecule has 1 aliphatic rings. The Labute approximate surface area is 81.1 Å². The number of nitrogens with one attached hydrogen (secondary N) is 1. The van der Waals surface area contributed by atoms with E-state index in [1.54, 1.807) is 0 Å². The topological polar surface area (TPSA) is 95.6 Å². The number of primary amides is 1. The zero-order chi connectivity index (χ0) is 10.9. The second-order valence-corrected chi connectivity index (χ2v) is 3.61. The average Bonchev–Trinajstić information content (AvgIpc) is 2.43. The van der Waals surface area contributed by atoms with Gasteiger partial charge >= 0.3 is 0 Å². The van der Waals surface area contributed by atoms with Gasteiger partial charge in [-0.15, -0.1) is 0 Å². The number of aliphatic hydroxyl groups is 2. The van der Waals surface area contributed by atoms with Crippen LogP contribution in [-0.2, 0) is 4.79 Å². The molecule has 0 aromatic carbocycles. The molecule has 6 heteroatoms. The molecule has 82 valence electrons. The summed E-state index contributed by atoms with van der Waals surface area (Å²) in [5.74, 6) is -1.34. The summed E-state index contributed by atoms with van der Waals surface area (Å²) in [6, 6.07) is -1.54. The van der Waals surface area contributed by atoms with Gasteiger partial charge in [0.25, 0.3) is 0 Å². The number of rotatable bonds is 3. The lowest BCUT2D eigenvalue weighted by Gasteiger charge is -2.18. The Bertz CT molecular complexity index is 227. The molecule has 1 fully saturated rings. The van der Waals surface area contributed by atoms with Crippen molar-refractivity contribution in [2.75, 3.05) is 6.61 Å². The first-order chi connectivity index (χ1) is 6.49. The Hall–Kier alpha value is -0.720. The molecule has 0 radical (unpaired) electrons. The number of carbonyl (C=O) groups is 1. The number of halogens is 1. The normalized spacial score (nSPS) is 39.7. The van der Waals surface area contributed by atoms with E-state index in [1.807, 2.05) is 0 Å². The SMILES string of the molecule is CC(C(N)=O)C1NC(CO)C(O)C1F. The van der Waals surface area contributed by atoms with Gasteiger partial charge in [-0.1, -0.05) is 6.92 Å². The Morgan fingerprint density at radius 2 is 2.29 bits per heavy atom. The monoisotopic (exact) mass is 206 g/mol. The molecule has 0 aromatic heterocycles. The summed E-state index contributed by atoms with van der Waals surface area (Å²) in [6.07, 6.45) is -2.86. The first-order valence-corrected chi connectivity index (χ1v) is 4.47. The zero-order valence-corrected chi connectivity index (χ0v) is 7.85. The van der Waals surface area contributed by atoms with Crippen molar-refractivity contribution in [2.24, 2.45) is 11.7 Å². The highest BCUT2D eigenvalue weighted by Crippen LogP contribution is 2.22. The highest BCUT2D eigenvalue weighted by atomic mass is 19.1. The first kappa shape index (κ1) is 11.4. The van der Waals surface area contributed by atoms with Gasteiger partial charge in [0.05, 0.1) is 24.6 Å². The summed E-state index contributed by atoms with van der Waals surface area (Å²) in [5.41, 5.74) is 5.02. The van der Waals surface area contributed by atoms with Gasteiger partial charge < -0.3 is 21.3 Å². The van der Waals surface area contributed by atoms with E-state index in [0.29, 0.717) is 0 Å². The Morgan fingerprint density at radius 1 is 1.71 bits per heavy atom. The summed E-state index contributed by atoms with van der Waals surface area (Å²) in [4.78, 5) is 10.8. The lowest BCUT2D eigenvalue weighted by Crippen LogP contribution is -2.43. The smallest absolute Gasteiger partial charge is 0.221 e. The van der Waals surface area contributed by atoms with Crippen LogP contribution in [0, 0.1) is 5.92 Å². The predicted molar refractivity (Wildman–Crippen MR) is 47.1 cm³/mol. The van der Waals surface area contributed by atoms with Crippen molar-refractivity contribution >= 4 is 5.91 Å². The molecule has 0 aliphatic carbocycles. The minimum Gasteiger partial charge on any atom is -0.395 e. The minimum atomic E-state index is -1.57. The van der Waals surface area contributed by atoms with E-state index in [-0.39, 0.29) is 6.61 Å². The Kier molecular flexibility index (Phi) is 3.41. The van der Waals surface area contributed by atoms with Crippen LogP contribution in [0.1, 0.15) is 6.92 Å². The van der Waals surface area contributed by atoms with Crippen molar-refractivity contribution < 1.29 is 19.4 Å². The van der Waals surface area contributed by atoms with Gasteiger partial charge in [0.1, 0.15) is 12.3 Å². The molecule has 1 heterocycles. The van der Waals surface area contributed by atoms with Crippen molar-refractivity contribution in [1.29, 1.82) is 0 Å². The quantitative estimate of drug-likeness (QED) is 0.435. The molecule has 5 N–H and O–H groups in total. The van der Waals surface area contributed by atoms with Gasteiger partial charge in [-0.3, -0.25) is 4.79 Å². The predicted octanol–water partition coefficient (Wildman–Crippen LogP) is -1.86. The molecule has 1 saturated heterocycles. The molecule has 14 heavy (non-hydrogen) atoms. The molecule has 0 saturated carbocycles. The largest absolute Gasteiger partial charge is 0.395 e. The maximum absolute atomic E-state index is 13.4. The number of aliphatic hydroxyl groups excluding tert-OH is 2. The van der Waals surface area contributed by atoms with Crippen LogP contribution >= 0.6 is 0 Å². The number of amides is 1. The summed E-state index contributed by atoms with van der Waals surface area (Å²) < 4.78 is 13.4. The summed E-state index contributed by atoms with van der Waals surface area (Å²) in [5, 5.41) is 20.7. The Morgan fingerprint density at radius 3 is 2.64 bits per heavy atom. The van der Waals surface area contributed by atoms with Gasteiger partial charge in [-0.05, 0) is 0 Å². The molecule has 5 unspecified atom stereocenters. The summed E-state index contributed by atoms with van der Waals surface area (Å²) in [6.45, 7) is 1.11. The lowest BCUT2D eigenvalue weighted by molar-refractivity contribution is -0.122. The van der Waals surface area contributed by atoms with Gasteiger partial charge in [0.2, 0.25) is 5.91 Å². The van der Waals surface area contributed by atoms with Crippen molar-refractivity contribution in [3.05, 3.63) is 0 Å². The third-order valence-electron chi connectivity index (χ3n) is 2.67. The van der Waals surface area contributed by atoms with Gasteiger partial charge in [-0.25, -0.2) is 4.39 Å². The fourth-order valence-corrected chi connectivity index (χ4v) is 1.63.